The van der Waals surface area contributed by atoms with Gasteiger partial charge >= 0.3 is 0 Å². The molecule has 1 rings (SSSR count). The van der Waals surface area contributed by atoms with Gasteiger partial charge in [-0.25, -0.2) is 0 Å². The van der Waals surface area contributed by atoms with Gasteiger partial charge in [-0.3, -0.25) is 9.59 Å². The Kier molecular flexibility index (Phi) is 12.7. The minimum Gasteiger partial charge on any atom is -0.493 e. The molecule has 182 valence electrons. The smallest absolute Gasteiger partial charge is 0.236 e. The fraction of sp³-hybridized carbons (Fsp3) is 0.667. The van der Waals surface area contributed by atoms with Crippen molar-refractivity contribution in [2.75, 3.05) is 34.0 Å². The number of benzene rings is 1. The van der Waals surface area contributed by atoms with E-state index < -0.39 is 17.4 Å². The van der Waals surface area contributed by atoms with Crippen LogP contribution < -0.4 is 26.3 Å². The van der Waals surface area contributed by atoms with Crippen LogP contribution in [0.2, 0.25) is 0 Å². The van der Waals surface area contributed by atoms with Gasteiger partial charge in [0.15, 0.2) is 11.5 Å². The zero-order valence-electron chi connectivity index (χ0n) is 20.1. The Morgan fingerprint density at radius 2 is 1.75 bits per heavy atom. The summed E-state index contributed by atoms with van der Waals surface area (Å²) < 4.78 is 16.3. The average molecular weight is 452 g/mol. The molecular formula is C24H41N3O5. The van der Waals surface area contributed by atoms with Crippen molar-refractivity contribution >= 4 is 11.8 Å². The molecule has 1 aromatic carbocycles. The third-order valence-corrected chi connectivity index (χ3v) is 5.42. The lowest BCUT2D eigenvalue weighted by atomic mass is 9.92. The van der Waals surface area contributed by atoms with Crippen LogP contribution in [-0.4, -0.2) is 51.8 Å². The second kappa shape index (κ2) is 14.7. The van der Waals surface area contributed by atoms with Crippen molar-refractivity contribution in [3.63, 3.8) is 0 Å². The number of amides is 2. The van der Waals surface area contributed by atoms with Crippen LogP contribution in [0.5, 0.6) is 11.5 Å². The lowest BCUT2D eigenvalue weighted by molar-refractivity contribution is -0.127. The Morgan fingerprint density at radius 1 is 1.03 bits per heavy atom. The zero-order chi connectivity index (χ0) is 24.0. The van der Waals surface area contributed by atoms with Crippen molar-refractivity contribution in [3.8, 4) is 11.5 Å². The predicted molar refractivity (Wildman–Crippen MR) is 126 cm³/mol. The number of rotatable bonds is 17. The summed E-state index contributed by atoms with van der Waals surface area (Å²) in [5.74, 6) is 0.804. The van der Waals surface area contributed by atoms with Crippen molar-refractivity contribution in [1.29, 1.82) is 0 Å². The van der Waals surface area contributed by atoms with Crippen LogP contribution in [0.1, 0.15) is 57.9 Å². The minimum atomic E-state index is -0.786. The number of unbranched alkanes of at least 4 members (excludes halogenated alkanes) is 3. The van der Waals surface area contributed by atoms with Gasteiger partial charge in [-0.15, -0.1) is 0 Å². The number of ether oxygens (including phenoxy) is 3. The largest absolute Gasteiger partial charge is 0.493 e. The molecule has 1 aromatic rings. The van der Waals surface area contributed by atoms with Crippen molar-refractivity contribution in [1.82, 2.24) is 5.32 Å². The topological polar surface area (TPSA) is 126 Å². The molecule has 1 atom stereocenters. The first-order valence-electron chi connectivity index (χ1n) is 11.3. The van der Waals surface area contributed by atoms with Crippen molar-refractivity contribution in [2.24, 2.45) is 16.9 Å². The van der Waals surface area contributed by atoms with Crippen LogP contribution in [0, 0.1) is 5.41 Å². The maximum Gasteiger partial charge on any atom is 0.236 e. The first kappa shape index (κ1) is 27.7. The van der Waals surface area contributed by atoms with Crippen LogP contribution in [0.25, 0.3) is 0 Å². The molecule has 0 saturated heterocycles. The van der Waals surface area contributed by atoms with Gasteiger partial charge in [-0.2, -0.15) is 0 Å². The highest BCUT2D eigenvalue weighted by molar-refractivity contribution is 5.84. The van der Waals surface area contributed by atoms with E-state index in [1.165, 1.54) is 5.56 Å². The first-order chi connectivity index (χ1) is 15.2. The number of carbonyl (C=O) groups is 2. The fourth-order valence-corrected chi connectivity index (χ4v) is 3.08. The predicted octanol–water partition coefficient (Wildman–Crippen LogP) is 2.56. The number of methoxy groups -OCH3 is 2. The van der Waals surface area contributed by atoms with Gasteiger partial charge < -0.3 is 31.0 Å². The quantitative estimate of drug-likeness (QED) is 0.313. The molecule has 8 nitrogen and oxygen atoms in total. The number of hydrogen-bond donors (Lipinski definition) is 3. The molecule has 0 spiro atoms. The third kappa shape index (κ3) is 10.3. The Labute approximate surface area is 192 Å². The Bertz CT molecular complexity index is 709. The Hall–Kier alpha value is -2.32. The Balaban J connectivity index is 2.29. The molecule has 0 heterocycles. The maximum atomic E-state index is 12.1. The van der Waals surface area contributed by atoms with Gasteiger partial charge in [0.25, 0.3) is 0 Å². The molecule has 0 saturated carbocycles. The summed E-state index contributed by atoms with van der Waals surface area (Å²) in [5, 5.41) is 2.72. The van der Waals surface area contributed by atoms with E-state index in [0.29, 0.717) is 19.6 Å². The van der Waals surface area contributed by atoms with Crippen molar-refractivity contribution in [2.45, 2.75) is 64.8 Å². The lowest BCUT2D eigenvalue weighted by Crippen LogP contribution is -2.47. The summed E-state index contributed by atoms with van der Waals surface area (Å²) in [7, 11) is 3.32. The molecule has 2 amide bonds. The van der Waals surface area contributed by atoms with E-state index >= 15 is 0 Å². The lowest BCUT2D eigenvalue weighted by Gasteiger charge is -2.22. The molecule has 0 aliphatic rings. The summed E-state index contributed by atoms with van der Waals surface area (Å²) in [4.78, 5) is 23.4. The number of primary amides is 1. The summed E-state index contributed by atoms with van der Waals surface area (Å²) in [6, 6.07) is 5.48. The summed E-state index contributed by atoms with van der Waals surface area (Å²) in [5.41, 5.74) is 11.7. The van der Waals surface area contributed by atoms with Gasteiger partial charge in [0.2, 0.25) is 11.8 Å². The van der Waals surface area contributed by atoms with Crippen LogP contribution >= 0.6 is 0 Å². The fourth-order valence-electron chi connectivity index (χ4n) is 3.08. The number of hydrogen-bond acceptors (Lipinski definition) is 6. The number of aryl methyl sites for hydroxylation is 1. The molecule has 0 aromatic heterocycles. The van der Waals surface area contributed by atoms with E-state index in [1.807, 2.05) is 12.1 Å². The van der Waals surface area contributed by atoms with Gasteiger partial charge in [0.05, 0.1) is 25.2 Å². The Morgan fingerprint density at radius 3 is 2.41 bits per heavy atom. The maximum absolute atomic E-state index is 12.1. The SMILES string of the molecule is COCCCOc1cc(CCCCCC[C@H](N)C(=O)NCC(C)(C)C(N)=O)ccc1OC. The van der Waals surface area contributed by atoms with Crippen molar-refractivity contribution in [3.05, 3.63) is 23.8 Å². The summed E-state index contributed by atoms with van der Waals surface area (Å²) in [6.07, 6.45) is 6.38. The van der Waals surface area contributed by atoms with Crippen LogP contribution in [0.3, 0.4) is 0 Å². The standard InChI is InChI=1S/C24H41N3O5/c1-24(2,23(26)29)17-27-22(28)19(25)11-8-6-5-7-10-18-12-13-20(31-4)21(16-18)32-15-9-14-30-3/h12-13,16,19H,5-11,14-15,17,25H2,1-4H3,(H2,26,29)(H,27,28)/t19-/m0/s1. The molecule has 0 aliphatic carbocycles. The van der Waals surface area contributed by atoms with Gasteiger partial charge in [0, 0.05) is 26.7 Å². The number of carbonyl (C=O) groups excluding carboxylic acids is 2. The molecule has 0 bridgehead atoms. The molecule has 0 radical (unpaired) electrons. The van der Waals surface area contributed by atoms with E-state index in [2.05, 4.69) is 11.4 Å². The van der Waals surface area contributed by atoms with Crippen molar-refractivity contribution < 1.29 is 23.8 Å². The number of nitrogens with one attached hydrogen (secondary N) is 1. The molecule has 32 heavy (non-hydrogen) atoms. The zero-order valence-corrected chi connectivity index (χ0v) is 20.1. The third-order valence-electron chi connectivity index (χ3n) is 5.42. The first-order valence-corrected chi connectivity index (χ1v) is 11.3. The average Bonchev–Trinajstić information content (AvgIpc) is 2.77. The normalized spacial score (nSPS) is 12.3. The van der Waals surface area contributed by atoms with Gasteiger partial charge in [-0.05, 0) is 50.8 Å². The van der Waals surface area contributed by atoms with Gasteiger partial charge in [-0.1, -0.05) is 25.3 Å². The molecule has 5 N–H and O–H groups in total. The molecule has 0 fully saturated rings. The van der Waals surface area contributed by atoms with Crippen LogP contribution in [0.15, 0.2) is 18.2 Å². The molecular weight excluding hydrogens is 410 g/mol. The van der Waals surface area contributed by atoms with E-state index in [9.17, 15) is 9.59 Å². The van der Waals surface area contributed by atoms with Crippen LogP contribution in [-0.2, 0) is 20.7 Å². The number of nitrogens with two attached hydrogens (primary N) is 2. The summed E-state index contributed by atoms with van der Waals surface area (Å²) >= 11 is 0. The second-order valence-electron chi connectivity index (χ2n) is 8.71. The van der Waals surface area contributed by atoms with E-state index in [0.717, 1.165) is 50.0 Å². The monoisotopic (exact) mass is 451 g/mol. The molecule has 0 unspecified atom stereocenters. The molecule has 0 aliphatic heterocycles. The minimum absolute atomic E-state index is 0.189. The highest BCUT2D eigenvalue weighted by Gasteiger charge is 2.26. The van der Waals surface area contributed by atoms with E-state index in [-0.39, 0.29) is 12.5 Å². The molecule has 8 heteroatoms. The highest BCUT2D eigenvalue weighted by Crippen LogP contribution is 2.29. The van der Waals surface area contributed by atoms with E-state index in [1.54, 1.807) is 28.1 Å². The van der Waals surface area contributed by atoms with Gasteiger partial charge in [0.1, 0.15) is 0 Å². The second-order valence-corrected chi connectivity index (χ2v) is 8.71. The van der Waals surface area contributed by atoms with Crippen LogP contribution in [0.4, 0.5) is 0 Å². The highest BCUT2D eigenvalue weighted by atomic mass is 16.5. The summed E-state index contributed by atoms with van der Waals surface area (Å²) in [6.45, 7) is 4.83. The van der Waals surface area contributed by atoms with E-state index in [4.69, 9.17) is 25.7 Å².